The second-order valence-corrected chi connectivity index (χ2v) is 5.83. The minimum Gasteiger partial charge on any atom is -0.320 e. The number of nitrogens with two attached hydrogens (primary N) is 1. The van der Waals surface area contributed by atoms with E-state index in [2.05, 4.69) is 15.9 Å². The van der Waals surface area contributed by atoms with E-state index in [1.165, 1.54) is 0 Å². The number of hydrogen-bond donors (Lipinski definition) is 1. The molecule has 1 atom stereocenters. The maximum atomic E-state index is 14.2. The molecule has 1 nitrogen and oxygen atoms in total. The van der Waals surface area contributed by atoms with Crippen LogP contribution in [0.1, 0.15) is 28.3 Å². The van der Waals surface area contributed by atoms with Crippen LogP contribution in [-0.4, -0.2) is 0 Å². The van der Waals surface area contributed by atoms with Gasteiger partial charge in [0.05, 0.1) is 11.1 Å². The molecule has 0 radical (unpaired) electrons. The Hall–Kier alpha value is -0.900. The van der Waals surface area contributed by atoms with Gasteiger partial charge in [-0.3, -0.25) is 0 Å². The Bertz CT molecular complexity index is 628. The molecular weight excluding hydrogens is 329 g/mol. The summed E-state index contributed by atoms with van der Waals surface area (Å²) < 4.78 is 14.7. The normalized spacial score (nSPS) is 12.5. The minimum atomic E-state index is -0.523. The maximum absolute atomic E-state index is 14.2. The van der Waals surface area contributed by atoms with Crippen molar-refractivity contribution in [3.8, 4) is 0 Å². The van der Waals surface area contributed by atoms with Gasteiger partial charge in [-0.1, -0.05) is 41.4 Å². The van der Waals surface area contributed by atoms with Crippen molar-refractivity contribution >= 4 is 27.5 Å². The molecule has 19 heavy (non-hydrogen) atoms. The Balaban J connectivity index is 2.53. The maximum Gasteiger partial charge on any atom is 0.148 e. The van der Waals surface area contributed by atoms with Crippen molar-refractivity contribution in [2.75, 3.05) is 0 Å². The van der Waals surface area contributed by atoms with Crippen molar-refractivity contribution in [3.05, 3.63) is 67.9 Å². The molecule has 2 aromatic rings. The molecule has 4 heteroatoms. The topological polar surface area (TPSA) is 26.0 Å². The van der Waals surface area contributed by atoms with Crippen LogP contribution in [0.25, 0.3) is 0 Å². The lowest BCUT2D eigenvalue weighted by Crippen LogP contribution is -2.15. The van der Waals surface area contributed by atoms with E-state index in [0.29, 0.717) is 10.0 Å². The molecule has 0 amide bonds. The molecule has 2 N–H and O–H groups in total. The van der Waals surface area contributed by atoms with E-state index < -0.39 is 11.9 Å². The smallest absolute Gasteiger partial charge is 0.148 e. The van der Waals surface area contributed by atoms with Gasteiger partial charge in [0.1, 0.15) is 5.82 Å². The van der Waals surface area contributed by atoms with Gasteiger partial charge >= 0.3 is 0 Å². The predicted molar refractivity (Wildman–Crippen MR) is 81.1 cm³/mol. The first kappa shape index (κ1) is 14.5. The monoisotopic (exact) mass is 341 g/mol. The lowest BCUT2D eigenvalue weighted by molar-refractivity contribution is 0.599. The molecule has 0 saturated heterocycles. The highest BCUT2D eigenvalue weighted by molar-refractivity contribution is 9.10. The zero-order valence-corrected chi connectivity index (χ0v) is 13.0. The molecule has 0 aliphatic rings. The molecule has 2 aromatic carbocycles. The number of aryl methyl sites for hydroxylation is 2. The molecule has 0 saturated carbocycles. The number of hydrogen-bond acceptors (Lipinski definition) is 1. The standard InChI is InChI=1S/C15H14BrClFN/c1-8-3-4-9(2)11(7-8)15(19)10-5-6-12(16)13(17)14(10)18/h3-7,15H,19H2,1-2H3. The lowest BCUT2D eigenvalue weighted by Gasteiger charge is -2.17. The summed E-state index contributed by atoms with van der Waals surface area (Å²) in [4.78, 5) is 0. The van der Waals surface area contributed by atoms with Crippen LogP contribution in [0.15, 0.2) is 34.8 Å². The van der Waals surface area contributed by atoms with Gasteiger partial charge in [0.2, 0.25) is 0 Å². The molecule has 0 aliphatic carbocycles. The molecule has 0 fully saturated rings. The van der Waals surface area contributed by atoms with Crippen LogP contribution in [0.5, 0.6) is 0 Å². The quantitative estimate of drug-likeness (QED) is 0.771. The van der Waals surface area contributed by atoms with Gasteiger partial charge in [-0.15, -0.1) is 0 Å². The first-order chi connectivity index (χ1) is 8.91. The van der Waals surface area contributed by atoms with E-state index in [1.807, 2.05) is 32.0 Å². The highest BCUT2D eigenvalue weighted by Gasteiger charge is 2.18. The lowest BCUT2D eigenvalue weighted by atomic mass is 9.94. The number of benzene rings is 2. The molecule has 2 rings (SSSR count). The molecule has 0 heterocycles. The van der Waals surface area contributed by atoms with E-state index in [9.17, 15) is 4.39 Å². The highest BCUT2D eigenvalue weighted by Crippen LogP contribution is 2.32. The fourth-order valence-corrected chi connectivity index (χ4v) is 2.52. The van der Waals surface area contributed by atoms with Gasteiger partial charge < -0.3 is 5.73 Å². The summed E-state index contributed by atoms with van der Waals surface area (Å²) >= 11 is 9.11. The zero-order valence-electron chi connectivity index (χ0n) is 10.7. The average molecular weight is 343 g/mol. The molecular formula is C15H14BrClFN. The van der Waals surface area contributed by atoms with Crippen molar-refractivity contribution in [1.29, 1.82) is 0 Å². The van der Waals surface area contributed by atoms with Crippen molar-refractivity contribution in [1.82, 2.24) is 0 Å². The Kier molecular flexibility index (Phi) is 4.29. The van der Waals surface area contributed by atoms with Gasteiger partial charge in [0.15, 0.2) is 0 Å². The van der Waals surface area contributed by atoms with Gasteiger partial charge in [-0.2, -0.15) is 0 Å². The van der Waals surface area contributed by atoms with Crippen LogP contribution in [0, 0.1) is 19.7 Å². The summed E-state index contributed by atoms with van der Waals surface area (Å²) in [5, 5.41) is 0.0678. The molecule has 0 aliphatic heterocycles. The molecule has 1 unspecified atom stereocenters. The van der Waals surface area contributed by atoms with Crippen LogP contribution >= 0.6 is 27.5 Å². The van der Waals surface area contributed by atoms with Crippen molar-refractivity contribution in [2.24, 2.45) is 5.73 Å². The second kappa shape index (κ2) is 5.61. The summed E-state index contributed by atoms with van der Waals surface area (Å²) in [7, 11) is 0. The fraction of sp³-hybridized carbons (Fsp3) is 0.200. The predicted octanol–water partition coefficient (Wildman–Crippen LogP) is 4.91. The molecule has 0 aromatic heterocycles. The molecule has 0 spiro atoms. The third-order valence-corrected chi connectivity index (χ3v) is 4.43. The van der Waals surface area contributed by atoms with Gasteiger partial charge in [0.25, 0.3) is 0 Å². The Labute approximate surface area is 125 Å². The van der Waals surface area contributed by atoms with Crippen molar-refractivity contribution in [3.63, 3.8) is 0 Å². The third-order valence-electron chi connectivity index (χ3n) is 3.17. The van der Waals surface area contributed by atoms with Gasteiger partial charge in [-0.05, 0) is 47.0 Å². The minimum absolute atomic E-state index is 0.0678. The first-order valence-electron chi connectivity index (χ1n) is 5.88. The highest BCUT2D eigenvalue weighted by atomic mass is 79.9. The Morgan fingerprint density at radius 2 is 1.84 bits per heavy atom. The molecule has 0 bridgehead atoms. The summed E-state index contributed by atoms with van der Waals surface area (Å²) in [5.41, 5.74) is 9.65. The number of rotatable bonds is 2. The summed E-state index contributed by atoms with van der Waals surface area (Å²) in [6.45, 7) is 3.95. The van der Waals surface area contributed by atoms with Crippen molar-refractivity contribution in [2.45, 2.75) is 19.9 Å². The Morgan fingerprint density at radius 1 is 1.16 bits per heavy atom. The van der Waals surface area contributed by atoms with Gasteiger partial charge in [-0.25, -0.2) is 4.39 Å². The van der Waals surface area contributed by atoms with Crippen molar-refractivity contribution < 1.29 is 4.39 Å². The summed E-state index contributed by atoms with van der Waals surface area (Å²) in [6, 6.07) is 8.84. The Morgan fingerprint density at radius 3 is 2.53 bits per heavy atom. The van der Waals surface area contributed by atoms with Gasteiger partial charge in [0, 0.05) is 10.0 Å². The van der Waals surface area contributed by atoms with Crippen LogP contribution in [0.3, 0.4) is 0 Å². The van der Waals surface area contributed by atoms with Crippen LogP contribution < -0.4 is 5.73 Å². The zero-order chi connectivity index (χ0) is 14.2. The van der Waals surface area contributed by atoms with E-state index in [4.69, 9.17) is 17.3 Å². The van der Waals surface area contributed by atoms with E-state index in [1.54, 1.807) is 12.1 Å². The number of halogens is 3. The molecule has 100 valence electrons. The van der Waals surface area contributed by atoms with Crippen LogP contribution in [0.2, 0.25) is 5.02 Å². The fourth-order valence-electron chi connectivity index (χ4n) is 2.04. The third kappa shape index (κ3) is 2.83. The average Bonchev–Trinajstić information content (AvgIpc) is 2.38. The van der Waals surface area contributed by atoms with E-state index in [0.717, 1.165) is 16.7 Å². The summed E-state index contributed by atoms with van der Waals surface area (Å²) in [5.74, 6) is -0.468. The summed E-state index contributed by atoms with van der Waals surface area (Å²) in [6.07, 6.45) is 0. The second-order valence-electron chi connectivity index (χ2n) is 4.60. The largest absolute Gasteiger partial charge is 0.320 e. The van der Waals surface area contributed by atoms with Crippen LogP contribution in [0.4, 0.5) is 4.39 Å². The van der Waals surface area contributed by atoms with E-state index in [-0.39, 0.29) is 5.02 Å². The van der Waals surface area contributed by atoms with Crippen LogP contribution in [-0.2, 0) is 0 Å². The SMILES string of the molecule is Cc1ccc(C)c(C(N)c2ccc(Br)c(Cl)c2F)c1. The van der Waals surface area contributed by atoms with E-state index >= 15 is 0 Å². The first-order valence-corrected chi connectivity index (χ1v) is 7.05.